The summed E-state index contributed by atoms with van der Waals surface area (Å²) >= 11 is 0. The fourth-order valence-corrected chi connectivity index (χ4v) is 1.62. The molecule has 0 aromatic heterocycles. The highest BCUT2D eigenvalue weighted by molar-refractivity contribution is 7.72. The summed E-state index contributed by atoms with van der Waals surface area (Å²) in [6, 6.07) is 0. The van der Waals surface area contributed by atoms with Crippen LogP contribution in [0.15, 0.2) is 0 Å². The third-order valence-corrected chi connectivity index (χ3v) is 2.41. The average molecular weight is 179 g/mol. The summed E-state index contributed by atoms with van der Waals surface area (Å²) in [5.74, 6) is 0. The monoisotopic (exact) mass is 179 g/mol. The first kappa shape index (κ1) is 9.58. The Kier molecular flexibility index (Phi) is 2.85. The number of rotatable bonds is 2. The quantitative estimate of drug-likeness (QED) is 0.241. The largest absolute Gasteiger partial charge is 0.534 e. The fourth-order valence-electron chi connectivity index (χ4n) is 0.180. The first-order valence-electron chi connectivity index (χ1n) is 1.65. The van der Waals surface area contributed by atoms with Gasteiger partial charge in [0.1, 0.15) is 0 Å². The zero-order valence-electron chi connectivity index (χ0n) is 4.08. The highest BCUT2D eigenvalue weighted by atomic mass is 31.3. The van der Waals surface area contributed by atoms with Crippen molar-refractivity contribution in [3.63, 3.8) is 0 Å². The highest BCUT2D eigenvalue weighted by Gasteiger charge is 2.50. The smallest absolute Gasteiger partial charge is 0.175 e. The van der Waals surface area contributed by atoms with Crippen molar-refractivity contribution >= 4 is 16.2 Å². The summed E-state index contributed by atoms with van der Waals surface area (Å²) in [6.07, 6.45) is 0. The van der Waals surface area contributed by atoms with E-state index in [4.69, 9.17) is 29.4 Å². The van der Waals surface area contributed by atoms with E-state index >= 15 is 0 Å². The van der Waals surface area contributed by atoms with Crippen molar-refractivity contribution < 1.29 is 29.4 Å². The lowest BCUT2D eigenvalue weighted by atomic mass is 13.9. The number of nitrogens with one attached hydrogen (secondary N) is 1. The van der Waals surface area contributed by atoms with Gasteiger partial charge in [-0.3, -0.25) is 0 Å². The van der Waals surface area contributed by atoms with Gasteiger partial charge in [0.25, 0.3) is 0 Å². The second kappa shape index (κ2) is 2.67. The molecule has 7 nitrogen and oxygen atoms in total. The third-order valence-electron chi connectivity index (χ3n) is 0.268. The summed E-state index contributed by atoms with van der Waals surface area (Å²) < 4.78 is 0. The molecular formula is H7NO6P2+2. The molecule has 0 atom stereocenters. The summed E-state index contributed by atoms with van der Waals surface area (Å²) in [5.41, 5.74) is 0. The SMILES string of the molecule is O[P+](O)(O)N[P+](O)(O)O. The maximum atomic E-state index is 8.01. The molecule has 0 radical (unpaired) electrons. The Balaban J connectivity index is 3.75. The van der Waals surface area contributed by atoms with Crippen molar-refractivity contribution in [2.24, 2.45) is 0 Å². The van der Waals surface area contributed by atoms with E-state index in [-0.39, 0.29) is 0 Å². The van der Waals surface area contributed by atoms with Crippen molar-refractivity contribution in [2.75, 3.05) is 0 Å². The molecule has 0 aromatic carbocycles. The predicted octanol–water partition coefficient (Wildman–Crippen LogP) is -2.12. The Bertz CT molecular complexity index is 76.2. The lowest BCUT2D eigenvalue weighted by Crippen LogP contribution is -2.14. The standard InChI is InChI=1S/H7NO6P2/c2-8(3,4)1-9(5,6)7/h1-7H/q+2. The summed E-state index contributed by atoms with van der Waals surface area (Å²) in [7, 11) is -8.98. The van der Waals surface area contributed by atoms with E-state index in [1.54, 1.807) is 0 Å². The Morgan fingerprint density at radius 1 is 0.667 bits per heavy atom. The molecule has 9 heteroatoms. The maximum absolute atomic E-state index is 8.01. The van der Waals surface area contributed by atoms with E-state index in [0.29, 0.717) is 0 Å². The van der Waals surface area contributed by atoms with E-state index in [2.05, 4.69) is 0 Å². The molecule has 7 N–H and O–H groups in total. The molecule has 0 unspecified atom stereocenters. The summed E-state index contributed by atoms with van der Waals surface area (Å²) in [5, 5.41) is 0. The van der Waals surface area contributed by atoms with Gasteiger partial charge < -0.3 is 0 Å². The maximum Gasteiger partial charge on any atom is 0.534 e. The van der Waals surface area contributed by atoms with Crippen molar-refractivity contribution in [1.29, 1.82) is 0 Å². The van der Waals surface area contributed by atoms with E-state index in [1.807, 2.05) is 0 Å². The molecule has 0 aromatic rings. The average Bonchev–Trinajstić information content (AvgIpc) is 1.14. The second-order valence-electron chi connectivity index (χ2n) is 1.24. The van der Waals surface area contributed by atoms with Crippen LogP contribution in [0.3, 0.4) is 0 Å². The van der Waals surface area contributed by atoms with Crippen LogP contribution in [0, 0.1) is 0 Å². The molecule has 0 aliphatic carbocycles. The van der Waals surface area contributed by atoms with Crippen molar-refractivity contribution in [2.45, 2.75) is 0 Å². The first-order valence-corrected chi connectivity index (χ1v) is 4.94. The second-order valence-corrected chi connectivity index (χ2v) is 4.31. The van der Waals surface area contributed by atoms with Crippen LogP contribution in [0.1, 0.15) is 0 Å². The van der Waals surface area contributed by atoms with Crippen LogP contribution >= 0.6 is 16.2 Å². The zero-order chi connectivity index (χ0) is 7.71. The van der Waals surface area contributed by atoms with Crippen LogP contribution in [0.2, 0.25) is 0 Å². The molecule has 0 saturated carbocycles. The van der Waals surface area contributed by atoms with E-state index in [0.717, 1.165) is 4.86 Å². The van der Waals surface area contributed by atoms with Gasteiger partial charge in [0, 0.05) is 0 Å². The minimum Gasteiger partial charge on any atom is -0.175 e. The lowest BCUT2D eigenvalue weighted by Gasteiger charge is -2.03. The fraction of sp³-hybridized carbons (Fsp3) is 0. The van der Waals surface area contributed by atoms with Crippen molar-refractivity contribution in [3.8, 4) is 0 Å². The highest BCUT2D eigenvalue weighted by Crippen LogP contribution is 2.54. The molecule has 0 aliphatic rings. The Hall–Kier alpha value is 0.580. The van der Waals surface area contributed by atoms with Crippen molar-refractivity contribution in [1.82, 2.24) is 4.86 Å². The summed E-state index contributed by atoms with van der Waals surface area (Å²) in [6.45, 7) is 0. The van der Waals surface area contributed by atoms with Gasteiger partial charge in [0.15, 0.2) is 0 Å². The molecule has 0 amide bonds. The van der Waals surface area contributed by atoms with Gasteiger partial charge in [-0.15, -0.1) is 0 Å². The molecule has 0 saturated heterocycles. The molecule has 56 valence electrons. The third kappa shape index (κ3) is 8.58. The van der Waals surface area contributed by atoms with Gasteiger partial charge in [-0.1, -0.05) is 0 Å². The minimum atomic E-state index is -4.49. The summed E-state index contributed by atoms with van der Waals surface area (Å²) in [4.78, 5) is 49.1. The number of hydrogen-bond donors (Lipinski definition) is 7. The molecular weight excluding hydrogens is 172 g/mol. The Morgan fingerprint density at radius 2 is 0.889 bits per heavy atom. The van der Waals surface area contributed by atoms with Crippen molar-refractivity contribution in [3.05, 3.63) is 0 Å². The van der Waals surface area contributed by atoms with Gasteiger partial charge >= 0.3 is 16.2 Å². The van der Waals surface area contributed by atoms with Gasteiger partial charge in [0.05, 0.1) is 4.86 Å². The molecule has 9 heavy (non-hydrogen) atoms. The van der Waals surface area contributed by atoms with Crippen LogP contribution in [0.4, 0.5) is 0 Å². The van der Waals surface area contributed by atoms with Gasteiger partial charge in [0.2, 0.25) is 0 Å². The molecule has 0 heterocycles. The molecule has 0 bridgehead atoms. The molecule has 0 fully saturated rings. The molecule has 0 aliphatic heterocycles. The van der Waals surface area contributed by atoms with E-state index < -0.39 is 16.2 Å². The van der Waals surface area contributed by atoms with Crippen LogP contribution in [0.25, 0.3) is 0 Å². The van der Waals surface area contributed by atoms with Gasteiger partial charge in [-0.05, 0) is 0 Å². The zero-order valence-corrected chi connectivity index (χ0v) is 5.87. The van der Waals surface area contributed by atoms with Crippen LogP contribution < -0.4 is 4.86 Å². The van der Waals surface area contributed by atoms with E-state index in [1.165, 1.54) is 0 Å². The van der Waals surface area contributed by atoms with E-state index in [9.17, 15) is 0 Å². The Labute approximate surface area is 51.5 Å². The van der Waals surface area contributed by atoms with Crippen LogP contribution in [-0.4, -0.2) is 29.4 Å². The lowest BCUT2D eigenvalue weighted by molar-refractivity contribution is 0.290. The van der Waals surface area contributed by atoms with Crippen LogP contribution in [-0.2, 0) is 0 Å². The molecule has 0 rings (SSSR count). The van der Waals surface area contributed by atoms with Gasteiger partial charge in [-0.2, -0.15) is 29.4 Å². The predicted molar refractivity (Wildman–Crippen MR) is 30.3 cm³/mol. The molecule has 0 spiro atoms. The van der Waals surface area contributed by atoms with Gasteiger partial charge in [-0.25, -0.2) is 0 Å². The minimum absolute atomic E-state index is 1.01. The number of hydrogen-bond acceptors (Lipinski definition) is 7. The first-order chi connectivity index (χ1) is 3.71. The normalized spacial score (nSPS) is 14.0. The Morgan fingerprint density at radius 3 is 0.889 bits per heavy atom. The topological polar surface area (TPSA) is 133 Å². The van der Waals surface area contributed by atoms with Crippen LogP contribution in [0.5, 0.6) is 0 Å².